The summed E-state index contributed by atoms with van der Waals surface area (Å²) in [5.74, 6) is 1.88. The number of aromatic nitrogens is 2. The van der Waals surface area contributed by atoms with Crippen LogP contribution in [-0.2, 0) is 11.8 Å². The Hall–Kier alpha value is -1.30. The molecule has 0 atom stereocenters. The van der Waals surface area contributed by atoms with Crippen LogP contribution in [0.15, 0.2) is 29.2 Å². The summed E-state index contributed by atoms with van der Waals surface area (Å²) in [5.41, 5.74) is 3.22. The minimum atomic E-state index is -0.0221. The van der Waals surface area contributed by atoms with Gasteiger partial charge in [-0.15, -0.1) is 11.8 Å². The molecule has 1 aliphatic carbocycles. The minimum absolute atomic E-state index is 0.0221. The van der Waals surface area contributed by atoms with Gasteiger partial charge in [-0.2, -0.15) is 4.98 Å². The Balaban J connectivity index is 1.59. The van der Waals surface area contributed by atoms with Crippen molar-refractivity contribution in [2.24, 2.45) is 0 Å². The lowest BCUT2D eigenvalue weighted by atomic mass is 9.65. The summed E-state index contributed by atoms with van der Waals surface area (Å²) in [6.45, 7) is 0.228. The number of hydrogen-bond acceptors (Lipinski definition) is 5. The maximum atomic E-state index is 9.71. The van der Waals surface area contributed by atoms with Gasteiger partial charge in [-0.25, -0.2) is 4.98 Å². The number of aryl methyl sites for hydroxylation is 1. The maximum Gasteiger partial charge on any atom is 0.224 e. The number of thioether (sulfide) groups is 1. The number of aliphatic hydroxyl groups excluding tert-OH is 1. The Morgan fingerprint density at radius 3 is 2.62 bits per heavy atom. The second-order valence-electron chi connectivity index (χ2n) is 6.56. The minimum Gasteiger partial charge on any atom is -0.395 e. The van der Waals surface area contributed by atoms with Crippen molar-refractivity contribution < 1.29 is 5.11 Å². The first kappa shape index (κ1) is 16.2. The summed E-state index contributed by atoms with van der Waals surface area (Å²) < 4.78 is 0. The highest BCUT2D eigenvalue weighted by atomic mass is 35.5. The number of halogens is 1. The fourth-order valence-electron chi connectivity index (χ4n) is 3.47. The zero-order valence-corrected chi connectivity index (χ0v) is 15.0. The topological polar surface area (TPSA) is 58.0 Å². The van der Waals surface area contributed by atoms with Crippen LogP contribution in [0.1, 0.15) is 36.9 Å². The van der Waals surface area contributed by atoms with E-state index in [0.717, 1.165) is 53.5 Å². The van der Waals surface area contributed by atoms with Gasteiger partial charge in [0.1, 0.15) is 5.82 Å². The highest BCUT2D eigenvalue weighted by Crippen LogP contribution is 2.43. The van der Waals surface area contributed by atoms with E-state index < -0.39 is 0 Å². The van der Waals surface area contributed by atoms with Crippen LogP contribution in [0.2, 0.25) is 5.28 Å². The van der Waals surface area contributed by atoms with Gasteiger partial charge in [0.15, 0.2) is 0 Å². The van der Waals surface area contributed by atoms with E-state index in [1.165, 1.54) is 12.0 Å². The molecule has 1 aromatic heterocycles. The summed E-state index contributed by atoms with van der Waals surface area (Å²) in [4.78, 5) is 9.85. The Morgan fingerprint density at radius 2 is 1.96 bits per heavy atom. The monoisotopic (exact) mass is 361 g/mol. The number of fused-ring (bicyclic) bond motifs is 1. The Labute approximate surface area is 151 Å². The van der Waals surface area contributed by atoms with E-state index in [2.05, 4.69) is 39.6 Å². The van der Waals surface area contributed by atoms with Crippen molar-refractivity contribution in [2.45, 2.75) is 42.4 Å². The third kappa shape index (κ3) is 2.89. The fourth-order valence-corrected chi connectivity index (χ4v) is 4.70. The van der Waals surface area contributed by atoms with Gasteiger partial charge in [0, 0.05) is 11.1 Å². The van der Waals surface area contributed by atoms with Crippen LogP contribution in [0, 0.1) is 0 Å². The molecule has 6 heteroatoms. The van der Waals surface area contributed by atoms with Crippen LogP contribution in [0.25, 0.3) is 0 Å². The van der Waals surface area contributed by atoms with Crippen molar-refractivity contribution in [1.29, 1.82) is 0 Å². The summed E-state index contributed by atoms with van der Waals surface area (Å²) in [6.07, 6.45) is 5.42. The van der Waals surface area contributed by atoms with Gasteiger partial charge in [0.2, 0.25) is 5.28 Å². The summed E-state index contributed by atoms with van der Waals surface area (Å²) in [7, 11) is 0. The second kappa shape index (κ2) is 6.54. The third-order valence-corrected chi connectivity index (χ3v) is 6.47. The number of rotatable bonds is 4. The molecule has 0 saturated heterocycles. The Bertz CT molecular complexity index is 741. The molecule has 2 aliphatic rings. The van der Waals surface area contributed by atoms with Crippen molar-refractivity contribution in [3.63, 3.8) is 0 Å². The van der Waals surface area contributed by atoms with Gasteiger partial charge >= 0.3 is 0 Å². The van der Waals surface area contributed by atoms with E-state index in [1.54, 1.807) is 11.8 Å². The summed E-state index contributed by atoms with van der Waals surface area (Å²) in [5, 5.41) is 13.4. The number of nitrogens with zero attached hydrogens (tertiary/aromatic N) is 2. The van der Waals surface area contributed by atoms with Crippen molar-refractivity contribution in [1.82, 2.24) is 9.97 Å². The maximum absolute atomic E-state index is 9.71. The molecular weight excluding hydrogens is 342 g/mol. The summed E-state index contributed by atoms with van der Waals surface area (Å²) in [6, 6.07) is 8.34. The molecule has 2 heterocycles. The van der Waals surface area contributed by atoms with E-state index >= 15 is 0 Å². The normalized spacial score (nSPS) is 18.6. The summed E-state index contributed by atoms with van der Waals surface area (Å²) >= 11 is 7.87. The van der Waals surface area contributed by atoms with Gasteiger partial charge < -0.3 is 10.4 Å². The van der Waals surface area contributed by atoms with Gasteiger partial charge in [-0.1, -0.05) is 18.6 Å². The van der Waals surface area contributed by atoms with Crippen LogP contribution in [-0.4, -0.2) is 27.4 Å². The molecule has 0 radical (unpaired) electrons. The lowest BCUT2D eigenvalue weighted by Gasteiger charge is -2.40. The first-order valence-electron chi connectivity index (χ1n) is 8.38. The van der Waals surface area contributed by atoms with Crippen molar-refractivity contribution in [3.8, 4) is 0 Å². The number of aliphatic hydroxyl groups is 1. The van der Waals surface area contributed by atoms with Crippen LogP contribution in [0.5, 0.6) is 0 Å². The average Bonchev–Trinajstić information content (AvgIpc) is 2.56. The molecule has 0 bridgehead atoms. The number of anilines is 2. The highest BCUT2D eigenvalue weighted by molar-refractivity contribution is 7.99. The largest absolute Gasteiger partial charge is 0.395 e. The SMILES string of the molecule is OCC1(c2ccc(Nc3nc(Cl)nc4c3SCCC4)cc2)CCC1. The number of benzene rings is 1. The molecule has 1 fully saturated rings. The van der Waals surface area contributed by atoms with Gasteiger partial charge in [0.05, 0.1) is 17.2 Å². The average molecular weight is 362 g/mol. The first-order valence-corrected chi connectivity index (χ1v) is 9.74. The van der Waals surface area contributed by atoms with E-state index in [0.29, 0.717) is 5.28 Å². The first-order chi connectivity index (χ1) is 11.7. The third-order valence-electron chi connectivity index (χ3n) is 5.09. The molecule has 0 spiro atoms. The smallest absolute Gasteiger partial charge is 0.224 e. The van der Waals surface area contributed by atoms with Crippen LogP contribution in [0.4, 0.5) is 11.5 Å². The molecule has 24 heavy (non-hydrogen) atoms. The lowest BCUT2D eigenvalue weighted by molar-refractivity contribution is 0.120. The molecule has 1 aliphatic heterocycles. The van der Waals surface area contributed by atoms with Crippen molar-refractivity contribution >= 4 is 34.9 Å². The predicted octanol–water partition coefficient (Wildman–Crippen LogP) is 4.33. The van der Waals surface area contributed by atoms with Gasteiger partial charge in [-0.3, -0.25) is 0 Å². The zero-order valence-electron chi connectivity index (χ0n) is 13.4. The molecule has 1 saturated carbocycles. The molecule has 0 unspecified atom stereocenters. The van der Waals surface area contributed by atoms with Gasteiger partial charge in [0.25, 0.3) is 0 Å². The van der Waals surface area contributed by atoms with E-state index in [1.807, 2.05) is 0 Å². The van der Waals surface area contributed by atoms with Crippen LogP contribution >= 0.6 is 23.4 Å². The fraction of sp³-hybridized carbons (Fsp3) is 0.444. The zero-order chi connectivity index (χ0) is 16.6. The quantitative estimate of drug-likeness (QED) is 0.794. The van der Waals surface area contributed by atoms with E-state index in [4.69, 9.17) is 11.6 Å². The molecule has 4 rings (SSSR count). The van der Waals surface area contributed by atoms with Crippen LogP contribution < -0.4 is 5.32 Å². The number of nitrogens with one attached hydrogen (secondary N) is 1. The Morgan fingerprint density at radius 1 is 1.17 bits per heavy atom. The standard InChI is InChI=1S/C18H20ClN3OS/c19-17-21-14-3-1-10-24-15(14)16(22-17)20-13-6-4-12(5-7-13)18(11-23)8-2-9-18/h4-7,23H,1-3,8-11H2,(H,20,21,22). The lowest BCUT2D eigenvalue weighted by Crippen LogP contribution is -2.37. The highest BCUT2D eigenvalue weighted by Gasteiger charge is 2.37. The molecule has 2 N–H and O–H groups in total. The molecule has 126 valence electrons. The molecular formula is C18H20ClN3OS. The van der Waals surface area contributed by atoms with E-state index in [9.17, 15) is 5.11 Å². The second-order valence-corrected chi connectivity index (χ2v) is 8.01. The van der Waals surface area contributed by atoms with Crippen molar-refractivity contribution in [2.75, 3.05) is 17.7 Å². The van der Waals surface area contributed by atoms with E-state index in [-0.39, 0.29) is 12.0 Å². The van der Waals surface area contributed by atoms with Crippen LogP contribution in [0.3, 0.4) is 0 Å². The molecule has 1 aromatic carbocycles. The molecule has 0 amide bonds. The van der Waals surface area contributed by atoms with Crippen molar-refractivity contribution in [3.05, 3.63) is 40.8 Å². The molecule has 4 nitrogen and oxygen atoms in total. The molecule has 2 aromatic rings. The predicted molar refractivity (Wildman–Crippen MR) is 98.4 cm³/mol. The van der Waals surface area contributed by atoms with Gasteiger partial charge in [-0.05, 0) is 60.7 Å². The Kier molecular flexibility index (Phi) is 4.41. The number of hydrogen-bond donors (Lipinski definition) is 2.